The number of hydrogen-bond donors (Lipinski definition) is 0. The standard InChI is InChI=1S/C41H41ClO5/c1-2-44-36-21-18-30(19-22-36)24-35-25-34(20-23-37(35)42)39-41(46-28-33-16-10-5-11-17-33)40(45-27-32-14-8-4-9-15-32)38(47-39)29-43-26-31-12-6-3-7-13-31/h3-23,25,38-41H,2,24,26-29H2,1H3/t38-,39-,40-,41-/m0/s1. The van der Waals surface area contributed by atoms with Crippen LogP contribution in [0.2, 0.25) is 5.02 Å². The Morgan fingerprint density at radius 2 is 1.19 bits per heavy atom. The molecule has 1 saturated heterocycles. The molecule has 0 aromatic heterocycles. The van der Waals surface area contributed by atoms with Gasteiger partial charge in [0.25, 0.3) is 0 Å². The molecule has 5 aromatic rings. The molecule has 1 fully saturated rings. The Hall–Kier alpha value is -3.97. The molecule has 4 atom stereocenters. The summed E-state index contributed by atoms with van der Waals surface area (Å²) in [5, 5.41) is 0.710. The summed E-state index contributed by atoms with van der Waals surface area (Å²) in [7, 11) is 0. The Bertz CT molecular complexity index is 1650. The minimum atomic E-state index is -0.388. The third-order valence-corrected chi connectivity index (χ3v) is 8.67. The van der Waals surface area contributed by atoms with Gasteiger partial charge in [-0.05, 0) is 64.9 Å². The summed E-state index contributed by atoms with van der Waals surface area (Å²) in [5.74, 6) is 0.857. The van der Waals surface area contributed by atoms with E-state index in [1.807, 2.05) is 85.8 Å². The lowest BCUT2D eigenvalue weighted by atomic mass is 9.97. The van der Waals surface area contributed by atoms with E-state index in [1.54, 1.807) is 0 Å². The first-order chi connectivity index (χ1) is 23.2. The molecule has 0 radical (unpaired) electrons. The molecule has 0 N–H and O–H groups in total. The summed E-state index contributed by atoms with van der Waals surface area (Å²) in [6, 6.07) is 44.9. The molecule has 6 heteroatoms. The second-order valence-corrected chi connectivity index (χ2v) is 12.1. The molecule has 5 nitrogen and oxygen atoms in total. The van der Waals surface area contributed by atoms with Gasteiger partial charge < -0.3 is 23.7 Å². The van der Waals surface area contributed by atoms with Gasteiger partial charge in [0.1, 0.15) is 30.2 Å². The van der Waals surface area contributed by atoms with Gasteiger partial charge in [0, 0.05) is 5.02 Å². The van der Waals surface area contributed by atoms with Crippen molar-refractivity contribution in [3.05, 3.63) is 172 Å². The zero-order valence-electron chi connectivity index (χ0n) is 26.7. The normalized spacial score (nSPS) is 19.1. The highest BCUT2D eigenvalue weighted by molar-refractivity contribution is 6.31. The maximum absolute atomic E-state index is 6.84. The molecule has 5 aromatic carbocycles. The summed E-state index contributed by atoms with van der Waals surface area (Å²) in [6.45, 7) is 4.34. The van der Waals surface area contributed by atoms with Gasteiger partial charge >= 0.3 is 0 Å². The van der Waals surface area contributed by atoms with Crippen molar-refractivity contribution in [2.45, 2.75) is 57.6 Å². The van der Waals surface area contributed by atoms with Crippen LogP contribution >= 0.6 is 11.6 Å². The van der Waals surface area contributed by atoms with Crippen LogP contribution in [0.25, 0.3) is 0 Å². The molecule has 0 amide bonds. The molecule has 242 valence electrons. The SMILES string of the molecule is CCOc1ccc(Cc2cc([C@@H]3O[C@@H](COCc4ccccc4)[C@H](OCc4ccccc4)[C@H]3OCc3ccccc3)ccc2Cl)cc1. The van der Waals surface area contributed by atoms with Crippen LogP contribution in [0.15, 0.2) is 133 Å². The topological polar surface area (TPSA) is 46.2 Å². The minimum Gasteiger partial charge on any atom is -0.494 e. The van der Waals surface area contributed by atoms with Crippen LogP contribution < -0.4 is 4.74 Å². The predicted molar refractivity (Wildman–Crippen MR) is 186 cm³/mol. The van der Waals surface area contributed by atoms with Gasteiger partial charge in [0.2, 0.25) is 0 Å². The zero-order valence-corrected chi connectivity index (χ0v) is 27.4. The van der Waals surface area contributed by atoms with E-state index in [1.165, 1.54) is 0 Å². The summed E-state index contributed by atoms with van der Waals surface area (Å²) < 4.78 is 32.1. The lowest BCUT2D eigenvalue weighted by molar-refractivity contribution is -0.0898. The fourth-order valence-electron chi connectivity index (χ4n) is 5.91. The Kier molecular flexibility index (Phi) is 11.7. The highest BCUT2D eigenvalue weighted by Gasteiger charge is 2.47. The van der Waals surface area contributed by atoms with Gasteiger partial charge in [-0.1, -0.05) is 127 Å². The van der Waals surface area contributed by atoms with E-state index in [-0.39, 0.29) is 24.4 Å². The van der Waals surface area contributed by atoms with Gasteiger partial charge in [0.15, 0.2) is 0 Å². The van der Waals surface area contributed by atoms with Crippen LogP contribution in [0.1, 0.15) is 46.4 Å². The average Bonchev–Trinajstić information content (AvgIpc) is 3.46. The molecular formula is C41H41ClO5. The molecule has 0 spiro atoms. The third kappa shape index (κ3) is 9.10. The van der Waals surface area contributed by atoms with Crippen molar-refractivity contribution < 1.29 is 23.7 Å². The monoisotopic (exact) mass is 648 g/mol. The van der Waals surface area contributed by atoms with Crippen LogP contribution in [-0.4, -0.2) is 31.5 Å². The second-order valence-electron chi connectivity index (χ2n) is 11.7. The lowest BCUT2D eigenvalue weighted by Crippen LogP contribution is -2.37. The predicted octanol–water partition coefficient (Wildman–Crippen LogP) is 9.16. The van der Waals surface area contributed by atoms with Crippen molar-refractivity contribution in [3.63, 3.8) is 0 Å². The fourth-order valence-corrected chi connectivity index (χ4v) is 6.10. The van der Waals surface area contributed by atoms with E-state index in [0.29, 0.717) is 44.5 Å². The van der Waals surface area contributed by atoms with Gasteiger partial charge in [-0.25, -0.2) is 0 Å². The Balaban J connectivity index is 1.27. The Labute approximate surface area is 283 Å². The first-order valence-electron chi connectivity index (χ1n) is 16.2. The van der Waals surface area contributed by atoms with Crippen molar-refractivity contribution in [3.8, 4) is 5.75 Å². The molecule has 0 unspecified atom stereocenters. The van der Waals surface area contributed by atoms with E-state index in [2.05, 4.69) is 54.6 Å². The summed E-state index contributed by atoms with van der Waals surface area (Å²) in [4.78, 5) is 0. The van der Waals surface area contributed by atoms with Crippen LogP contribution in [0.4, 0.5) is 0 Å². The van der Waals surface area contributed by atoms with Crippen molar-refractivity contribution >= 4 is 11.6 Å². The molecule has 1 aliphatic heterocycles. The molecule has 6 rings (SSSR count). The first kappa shape index (κ1) is 33.0. The Morgan fingerprint density at radius 1 is 0.617 bits per heavy atom. The van der Waals surface area contributed by atoms with Crippen LogP contribution in [0.3, 0.4) is 0 Å². The maximum atomic E-state index is 6.84. The quantitative estimate of drug-likeness (QED) is 0.113. The molecular weight excluding hydrogens is 608 g/mol. The van der Waals surface area contributed by atoms with Gasteiger partial charge in [0.05, 0.1) is 33.0 Å². The highest BCUT2D eigenvalue weighted by atomic mass is 35.5. The third-order valence-electron chi connectivity index (χ3n) is 8.30. The lowest BCUT2D eigenvalue weighted by Gasteiger charge is -2.25. The smallest absolute Gasteiger partial charge is 0.119 e. The molecule has 0 aliphatic carbocycles. The fraction of sp³-hybridized carbons (Fsp3) is 0.268. The number of rotatable bonds is 15. The number of halogens is 1. The van der Waals surface area contributed by atoms with E-state index in [0.717, 1.165) is 39.1 Å². The van der Waals surface area contributed by atoms with Crippen molar-refractivity contribution in [1.82, 2.24) is 0 Å². The van der Waals surface area contributed by atoms with E-state index in [4.69, 9.17) is 35.3 Å². The largest absolute Gasteiger partial charge is 0.494 e. The van der Waals surface area contributed by atoms with E-state index < -0.39 is 0 Å². The van der Waals surface area contributed by atoms with Crippen molar-refractivity contribution in [2.75, 3.05) is 13.2 Å². The van der Waals surface area contributed by atoms with E-state index >= 15 is 0 Å². The minimum absolute atomic E-state index is 0.349. The summed E-state index contributed by atoms with van der Waals surface area (Å²) >= 11 is 6.77. The Morgan fingerprint density at radius 3 is 1.79 bits per heavy atom. The second kappa shape index (κ2) is 16.7. The number of ether oxygens (including phenoxy) is 5. The summed E-state index contributed by atoms with van der Waals surface area (Å²) in [5.41, 5.74) is 6.44. The average molecular weight is 649 g/mol. The van der Waals surface area contributed by atoms with Gasteiger partial charge in [-0.2, -0.15) is 0 Å². The van der Waals surface area contributed by atoms with Crippen molar-refractivity contribution in [1.29, 1.82) is 0 Å². The van der Waals surface area contributed by atoms with Crippen LogP contribution in [-0.2, 0) is 45.2 Å². The number of hydrogen-bond acceptors (Lipinski definition) is 5. The van der Waals surface area contributed by atoms with Crippen LogP contribution in [0, 0.1) is 0 Å². The maximum Gasteiger partial charge on any atom is 0.119 e. The van der Waals surface area contributed by atoms with Crippen molar-refractivity contribution in [2.24, 2.45) is 0 Å². The zero-order chi connectivity index (χ0) is 32.3. The molecule has 0 saturated carbocycles. The summed E-state index contributed by atoms with van der Waals surface area (Å²) in [6.07, 6.45) is -0.813. The highest BCUT2D eigenvalue weighted by Crippen LogP contribution is 2.40. The molecule has 1 aliphatic rings. The molecule has 0 bridgehead atoms. The first-order valence-corrected chi connectivity index (χ1v) is 16.6. The number of benzene rings is 5. The molecule has 47 heavy (non-hydrogen) atoms. The van der Waals surface area contributed by atoms with Crippen LogP contribution in [0.5, 0.6) is 5.75 Å². The molecule has 1 heterocycles. The van der Waals surface area contributed by atoms with E-state index in [9.17, 15) is 0 Å². The van der Waals surface area contributed by atoms with Gasteiger partial charge in [-0.15, -0.1) is 0 Å². The van der Waals surface area contributed by atoms with Gasteiger partial charge in [-0.3, -0.25) is 0 Å².